The third-order valence-electron chi connectivity index (χ3n) is 4.21. The first kappa shape index (κ1) is 16.6. The molecule has 3 aromatic heterocycles. The number of benzene rings is 1. The third kappa shape index (κ3) is 2.45. The maximum atomic E-state index is 13.0. The van der Waals surface area contributed by atoms with Crippen molar-refractivity contribution in [2.24, 2.45) is 0 Å². The van der Waals surface area contributed by atoms with Gasteiger partial charge in [0.15, 0.2) is 0 Å². The van der Waals surface area contributed by atoms with Crippen LogP contribution in [-0.4, -0.2) is 43.6 Å². The Morgan fingerprint density at radius 2 is 1.92 bits per heavy atom. The maximum absolute atomic E-state index is 13.0. The first-order valence-electron chi connectivity index (χ1n) is 7.91. The maximum Gasteiger partial charge on any atom is 0.275 e. The summed E-state index contributed by atoms with van der Waals surface area (Å²) in [6, 6.07) is 7.26. The van der Waals surface area contributed by atoms with Crippen LogP contribution in [-0.2, 0) is 0 Å². The van der Waals surface area contributed by atoms with Gasteiger partial charge in [-0.1, -0.05) is 5.46 Å². The van der Waals surface area contributed by atoms with Crippen molar-refractivity contribution in [1.29, 1.82) is 0 Å². The second kappa shape index (κ2) is 6.14. The summed E-state index contributed by atoms with van der Waals surface area (Å²) in [7, 11) is 11.5. The molecule has 128 valence electrons. The Kier molecular flexibility index (Phi) is 3.92. The molecule has 0 aliphatic rings. The molecular weight excluding hydrogens is 347 g/mol. The van der Waals surface area contributed by atoms with Gasteiger partial charge < -0.3 is 9.64 Å². The molecule has 0 spiro atoms. The molecule has 4 rings (SSSR count). The molecule has 2 radical (unpaired) electrons. The highest BCUT2D eigenvalue weighted by Crippen LogP contribution is 2.34. The number of aromatic nitrogens is 3. The van der Waals surface area contributed by atoms with E-state index in [0.717, 1.165) is 27.3 Å². The summed E-state index contributed by atoms with van der Waals surface area (Å²) >= 11 is 1.33. The van der Waals surface area contributed by atoms with E-state index in [0.29, 0.717) is 15.7 Å². The summed E-state index contributed by atoms with van der Waals surface area (Å²) < 4.78 is 7.25. The smallest absolute Gasteiger partial charge is 0.275 e. The van der Waals surface area contributed by atoms with E-state index in [9.17, 15) is 4.79 Å². The molecule has 0 amide bonds. The highest BCUT2D eigenvalue weighted by Gasteiger charge is 2.18. The highest BCUT2D eigenvalue weighted by molar-refractivity contribution is 7.25. The molecule has 1 aromatic carbocycles. The van der Waals surface area contributed by atoms with Gasteiger partial charge in [-0.05, 0) is 24.3 Å². The Labute approximate surface area is 155 Å². The van der Waals surface area contributed by atoms with Crippen molar-refractivity contribution in [1.82, 2.24) is 14.5 Å². The van der Waals surface area contributed by atoms with Gasteiger partial charge in [-0.15, -0.1) is 11.3 Å². The van der Waals surface area contributed by atoms with Crippen LogP contribution < -0.4 is 20.7 Å². The fourth-order valence-electron chi connectivity index (χ4n) is 3.00. The van der Waals surface area contributed by atoms with Crippen LogP contribution >= 0.6 is 11.3 Å². The molecule has 0 aliphatic carbocycles. The molecule has 4 aromatic rings. The third-order valence-corrected chi connectivity index (χ3v) is 5.28. The highest BCUT2D eigenvalue weighted by atomic mass is 32.1. The monoisotopic (exact) mass is 362 g/mol. The summed E-state index contributed by atoms with van der Waals surface area (Å²) in [6.45, 7) is 0. The molecule has 6 nitrogen and oxygen atoms in total. The van der Waals surface area contributed by atoms with Crippen LogP contribution in [0.4, 0.5) is 5.69 Å². The van der Waals surface area contributed by atoms with Crippen molar-refractivity contribution >= 4 is 50.8 Å². The number of methoxy groups -OCH3 is 1. The predicted octanol–water partition coefficient (Wildman–Crippen LogP) is 1.86. The van der Waals surface area contributed by atoms with Crippen LogP contribution in [0, 0.1) is 0 Å². The van der Waals surface area contributed by atoms with Crippen LogP contribution in [0.2, 0.25) is 0 Å². The van der Waals surface area contributed by atoms with Gasteiger partial charge in [0.2, 0.25) is 0 Å². The molecule has 3 heterocycles. The summed E-state index contributed by atoms with van der Waals surface area (Å²) in [5, 5.41) is 0.814. The van der Waals surface area contributed by atoms with Crippen LogP contribution in [0.3, 0.4) is 0 Å². The predicted molar refractivity (Wildman–Crippen MR) is 107 cm³/mol. The summed E-state index contributed by atoms with van der Waals surface area (Å²) in [6.07, 6.45) is 3.16. The molecule has 0 fully saturated rings. The van der Waals surface area contributed by atoms with Crippen LogP contribution in [0.15, 0.2) is 41.6 Å². The Balaban J connectivity index is 2.00. The first-order chi connectivity index (χ1) is 12.5. The molecule has 0 saturated carbocycles. The number of rotatable bonds is 3. The topological polar surface area (TPSA) is 60.3 Å². The molecule has 26 heavy (non-hydrogen) atoms. The van der Waals surface area contributed by atoms with Crippen molar-refractivity contribution in [2.75, 3.05) is 26.1 Å². The van der Waals surface area contributed by atoms with Gasteiger partial charge in [0.1, 0.15) is 29.5 Å². The minimum Gasteiger partial charge on any atom is -0.497 e. The quantitative estimate of drug-likeness (QED) is 0.521. The van der Waals surface area contributed by atoms with Crippen molar-refractivity contribution in [3.63, 3.8) is 0 Å². The average Bonchev–Trinajstić information content (AvgIpc) is 3.01. The Morgan fingerprint density at radius 3 is 2.58 bits per heavy atom. The van der Waals surface area contributed by atoms with Gasteiger partial charge in [0, 0.05) is 26.0 Å². The minimum atomic E-state index is -0.133. The fraction of sp³-hybridized carbons (Fsp3) is 0.167. The lowest BCUT2D eigenvalue weighted by Crippen LogP contribution is -2.20. The van der Waals surface area contributed by atoms with Crippen molar-refractivity contribution < 1.29 is 4.74 Å². The lowest BCUT2D eigenvalue weighted by molar-refractivity contribution is 0.414. The lowest BCUT2D eigenvalue weighted by atomic mass is 9.94. The largest absolute Gasteiger partial charge is 0.497 e. The van der Waals surface area contributed by atoms with E-state index in [-0.39, 0.29) is 5.56 Å². The number of ether oxygens (including phenoxy) is 1. The molecular formula is C18H15BN4O2S. The molecule has 0 atom stereocenters. The van der Waals surface area contributed by atoms with E-state index < -0.39 is 0 Å². The summed E-state index contributed by atoms with van der Waals surface area (Å²) in [5.41, 5.74) is 2.61. The van der Waals surface area contributed by atoms with E-state index in [4.69, 9.17) is 12.6 Å². The second-order valence-corrected chi connectivity index (χ2v) is 7.03. The van der Waals surface area contributed by atoms with Gasteiger partial charge in [-0.25, -0.2) is 9.97 Å². The summed E-state index contributed by atoms with van der Waals surface area (Å²) in [4.78, 5) is 24.7. The molecule has 0 N–H and O–H groups in total. The number of anilines is 1. The van der Waals surface area contributed by atoms with Crippen molar-refractivity contribution in [3.8, 4) is 11.4 Å². The SMILES string of the molecule is [B]c1cnc2sc3c(=O)n(-c4ccc(OC)cc4)cnc3c2c1N(C)C. The zero-order valence-electron chi connectivity index (χ0n) is 14.6. The van der Waals surface area contributed by atoms with E-state index in [1.54, 1.807) is 19.6 Å². The van der Waals surface area contributed by atoms with Crippen LogP contribution in [0.1, 0.15) is 0 Å². The Morgan fingerprint density at radius 1 is 1.19 bits per heavy atom. The van der Waals surface area contributed by atoms with Crippen LogP contribution in [0.5, 0.6) is 5.75 Å². The molecule has 0 unspecified atom stereocenters. The fourth-order valence-corrected chi connectivity index (χ4v) is 4.03. The number of thiophene rings is 1. The number of hydrogen-bond acceptors (Lipinski definition) is 6. The summed E-state index contributed by atoms with van der Waals surface area (Å²) in [5.74, 6) is 0.730. The van der Waals surface area contributed by atoms with Gasteiger partial charge in [0.05, 0.1) is 23.7 Å². The lowest BCUT2D eigenvalue weighted by Gasteiger charge is -2.16. The van der Waals surface area contributed by atoms with E-state index in [2.05, 4.69) is 9.97 Å². The molecule has 0 saturated heterocycles. The van der Waals surface area contributed by atoms with Gasteiger partial charge in [0.25, 0.3) is 5.56 Å². The standard InChI is InChI=1S/C18H15BN4O2S/c1-22(2)15-12(19)8-20-17-13(15)14-16(26-17)18(24)23(9-21-14)10-4-6-11(25-3)7-5-10/h4-9H,1-3H3. The molecule has 0 aliphatic heterocycles. The molecule has 0 bridgehead atoms. The van der Waals surface area contributed by atoms with E-state index >= 15 is 0 Å². The number of nitrogens with zero attached hydrogens (tertiary/aromatic N) is 4. The van der Waals surface area contributed by atoms with Crippen molar-refractivity contribution in [3.05, 3.63) is 47.1 Å². The second-order valence-electron chi connectivity index (χ2n) is 6.03. The Hall–Kier alpha value is -2.87. The van der Waals surface area contributed by atoms with Crippen molar-refractivity contribution in [2.45, 2.75) is 0 Å². The normalized spacial score (nSPS) is 11.2. The molecule has 8 heteroatoms. The number of hydrogen-bond donors (Lipinski definition) is 0. The minimum absolute atomic E-state index is 0.133. The van der Waals surface area contributed by atoms with E-state index in [1.807, 2.05) is 43.3 Å². The van der Waals surface area contributed by atoms with Gasteiger partial charge in [-0.2, -0.15) is 0 Å². The van der Waals surface area contributed by atoms with Gasteiger partial charge in [-0.3, -0.25) is 9.36 Å². The van der Waals surface area contributed by atoms with Crippen LogP contribution in [0.25, 0.3) is 26.1 Å². The zero-order valence-corrected chi connectivity index (χ0v) is 15.4. The first-order valence-corrected chi connectivity index (χ1v) is 8.73. The van der Waals surface area contributed by atoms with Gasteiger partial charge >= 0.3 is 0 Å². The number of fused-ring (bicyclic) bond motifs is 3. The zero-order chi connectivity index (χ0) is 18.4. The van der Waals surface area contributed by atoms with E-state index in [1.165, 1.54) is 15.9 Å². The Bertz CT molecular complexity index is 1180. The average molecular weight is 362 g/mol. The number of pyridine rings is 1.